The van der Waals surface area contributed by atoms with Crippen LogP contribution in [-0.2, 0) is 6.42 Å². The van der Waals surface area contributed by atoms with Crippen molar-refractivity contribution in [2.45, 2.75) is 12.5 Å². The van der Waals surface area contributed by atoms with Crippen molar-refractivity contribution < 1.29 is 0 Å². The minimum Gasteiger partial charge on any atom is -0.324 e. The van der Waals surface area contributed by atoms with Gasteiger partial charge in [-0.3, -0.25) is 9.97 Å². The third-order valence-electron chi connectivity index (χ3n) is 3.28. The molecule has 0 bridgehead atoms. The molecule has 0 fully saturated rings. The molecule has 3 rings (SSSR count). The molecule has 0 aliphatic rings. The lowest BCUT2D eigenvalue weighted by Gasteiger charge is -2.14. The highest BCUT2D eigenvalue weighted by Crippen LogP contribution is 2.24. The summed E-state index contributed by atoms with van der Waals surface area (Å²) in [5.41, 5.74) is 9.52. The van der Waals surface area contributed by atoms with Crippen molar-refractivity contribution in [2.75, 3.05) is 0 Å². The lowest BCUT2D eigenvalue weighted by molar-refractivity contribution is 0.723. The van der Waals surface area contributed by atoms with E-state index in [0.29, 0.717) is 0 Å². The van der Waals surface area contributed by atoms with Crippen LogP contribution in [0.5, 0.6) is 0 Å². The molecule has 1 atom stereocenters. The maximum Gasteiger partial charge on any atom is 0.0749 e. The first-order chi connectivity index (χ1) is 9.74. The minimum absolute atomic E-state index is 0.0929. The molecule has 0 radical (unpaired) electrons. The largest absolute Gasteiger partial charge is 0.324 e. The Balaban J connectivity index is 1.94. The molecular formula is C16H14BrN3. The highest BCUT2D eigenvalue weighted by molar-refractivity contribution is 9.10. The van der Waals surface area contributed by atoms with Crippen molar-refractivity contribution >= 4 is 26.8 Å². The molecule has 1 unspecified atom stereocenters. The molecule has 2 heterocycles. The van der Waals surface area contributed by atoms with Gasteiger partial charge in [-0.2, -0.15) is 0 Å². The van der Waals surface area contributed by atoms with Gasteiger partial charge < -0.3 is 5.73 Å². The molecule has 2 N–H and O–H groups in total. The molecule has 0 saturated carbocycles. The molecule has 0 saturated heterocycles. The monoisotopic (exact) mass is 327 g/mol. The van der Waals surface area contributed by atoms with Crippen LogP contribution in [0.15, 0.2) is 59.5 Å². The molecule has 3 nitrogen and oxygen atoms in total. The zero-order valence-electron chi connectivity index (χ0n) is 10.8. The fraction of sp³-hybridized carbons (Fsp3) is 0.125. The van der Waals surface area contributed by atoms with Crippen molar-refractivity contribution in [1.29, 1.82) is 0 Å². The van der Waals surface area contributed by atoms with Crippen LogP contribution in [0.25, 0.3) is 10.9 Å². The number of pyridine rings is 2. The summed E-state index contributed by atoms with van der Waals surface area (Å²) in [6.45, 7) is 0. The van der Waals surface area contributed by atoms with E-state index in [4.69, 9.17) is 5.73 Å². The van der Waals surface area contributed by atoms with Gasteiger partial charge in [0.1, 0.15) is 0 Å². The van der Waals surface area contributed by atoms with Crippen molar-refractivity contribution in [3.63, 3.8) is 0 Å². The summed E-state index contributed by atoms with van der Waals surface area (Å²) in [4.78, 5) is 8.63. The summed E-state index contributed by atoms with van der Waals surface area (Å²) in [7, 11) is 0. The first kappa shape index (κ1) is 13.2. The molecule has 0 spiro atoms. The predicted molar refractivity (Wildman–Crippen MR) is 84.3 cm³/mol. The van der Waals surface area contributed by atoms with Gasteiger partial charge >= 0.3 is 0 Å². The molecule has 4 heteroatoms. The quantitative estimate of drug-likeness (QED) is 0.799. The summed E-state index contributed by atoms with van der Waals surface area (Å²) < 4.78 is 0.971. The number of nitrogens with two attached hydrogens (primary N) is 1. The average molecular weight is 328 g/mol. The first-order valence-electron chi connectivity index (χ1n) is 6.43. The number of hydrogen-bond acceptors (Lipinski definition) is 3. The summed E-state index contributed by atoms with van der Waals surface area (Å²) >= 11 is 3.43. The standard InChI is InChI=1S/C16H14BrN3/c17-13-7-11(9-19-10-13)8-15(18)14-5-1-3-12-4-2-6-20-16(12)14/h1-7,9-10,15H,8,18H2. The highest BCUT2D eigenvalue weighted by Gasteiger charge is 2.11. The van der Waals surface area contributed by atoms with Crippen LogP contribution in [0.3, 0.4) is 0 Å². The molecule has 0 aliphatic heterocycles. The van der Waals surface area contributed by atoms with E-state index >= 15 is 0 Å². The Bertz CT molecular complexity index is 737. The Hall–Kier alpha value is -1.78. The molecular weight excluding hydrogens is 314 g/mol. The second kappa shape index (κ2) is 5.69. The van der Waals surface area contributed by atoms with E-state index < -0.39 is 0 Å². The summed E-state index contributed by atoms with van der Waals surface area (Å²) in [6, 6.07) is 12.1. The molecule has 1 aromatic carbocycles. The number of para-hydroxylation sites is 1. The van der Waals surface area contributed by atoms with Crippen LogP contribution in [0, 0.1) is 0 Å². The maximum absolute atomic E-state index is 6.36. The van der Waals surface area contributed by atoms with Crippen molar-refractivity contribution in [3.05, 3.63) is 70.6 Å². The Morgan fingerprint density at radius 1 is 1.15 bits per heavy atom. The van der Waals surface area contributed by atoms with E-state index in [0.717, 1.165) is 32.9 Å². The zero-order valence-corrected chi connectivity index (χ0v) is 12.4. The highest BCUT2D eigenvalue weighted by atomic mass is 79.9. The first-order valence-corrected chi connectivity index (χ1v) is 7.22. The lowest BCUT2D eigenvalue weighted by atomic mass is 9.98. The molecule has 20 heavy (non-hydrogen) atoms. The lowest BCUT2D eigenvalue weighted by Crippen LogP contribution is -2.14. The van der Waals surface area contributed by atoms with Gasteiger partial charge in [-0.05, 0) is 45.6 Å². The van der Waals surface area contributed by atoms with E-state index in [1.165, 1.54) is 0 Å². The predicted octanol–water partition coefficient (Wildman–Crippen LogP) is 3.63. The van der Waals surface area contributed by atoms with E-state index in [-0.39, 0.29) is 6.04 Å². The molecule has 0 amide bonds. The summed E-state index contributed by atoms with van der Waals surface area (Å²) in [6.07, 6.45) is 6.17. The van der Waals surface area contributed by atoms with Gasteiger partial charge in [-0.1, -0.05) is 24.3 Å². The SMILES string of the molecule is NC(Cc1cncc(Br)c1)c1cccc2cccnc12. The van der Waals surface area contributed by atoms with E-state index in [9.17, 15) is 0 Å². The Morgan fingerprint density at radius 3 is 2.85 bits per heavy atom. The van der Waals surface area contributed by atoms with Crippen molar-refractivity contribution in [1.82, 2.24) is 9.97 Å². The van der Waals surface area contributed by atoms with Gasteiger partial charge in [-0.25, -0.2) is 0 Å². The summed E-state index contributed by atoms with van der Waals surface area (Å²) in [5.74, 6) is 0. The van der Waals surface area contributed by atoms with E-state index in [1.54, 1.807) is 12.4 Å². The van der Waals surface area contributed by atoms with Crippen molar-refractivity contribution in [3.8, 4) is 0 Å². The third-order valence-corrected chi connectivity index (χ3v) is 3.71. The Morgan fingerprint density at radius 2 is 2.00 bits per heavy atom. The van der Waals surface area contributed by atoms with Gasteiger partial charge in [-0.15, -0.1) is 0 Å². The smallest absolute Gasteiger partial charge is 0.0749 e. The number of nitrogens with zero attached hydrogens (tertiary/aromatic N) is 2. The molecule has 0 aliphatic carbocycles. The summed E-state index contributed by atoms with van der Waals surface area (Å²) in [5, 5.41) is 1.12. The number of rotatable bonds is 3. The van der Waals surface area contributed by atoms with Crippen LogP contribution < -0.4 is 5.73 Å². The number of hydrogen-bond donors (Lipinski definition) is 1. The maximum atomic E-state index is 6.36. The van der Waals surface area contributed by atoms with Crippen molar-refractivity contribution in [2.24, 2.45) is 5.73 Å². The molecule has 100 valence electrons. The van der Waals surface area contributed by atoms with Gasteiger partial charge in [0.2, 0.25) is 0 Å². The van der Waals surface area contributed by atoms with Gasteiger partial charge in [0.05, 0.1) is 5.52 Å². The topological polar surface area (TPSA) is 51.8 Å². The second-order valence-corrected chi connectivity index (χ2v) is 5.66. The third kappa shape index (κ3) is 2.71. The van der Waals surface area contributed by atoms with Crippen LogP contribution in [-0.4, -0.2) is 9.97 Å². The van der Waals surface area contributed by atoms with Crippen LogP contribution in [0.1, 0.15) is 17.2 Å². The second-order valence-electron chi connectivity index (χ2n) is 4.74. The fourth-order valence-corrected chi connectivity index (χ4v) is 2.77. The normalized spacial score (nSPS) is 12.5. The van der Waals surface area contributed by atoms with Gasteiger partial charge in [0.15, 0.2) is 0 Å². The molecule has 3 aromatic rings. The van der Waals surface area contributed by atoms with Gasteiger partial charge in [0, 0.05) is 34.5 Å². The van der Waals surface area contributed by atoms with Crippen LogP contribution in [0.4, 0.5) is 0 Å². The molecule has 2 aromatic heterocycles. The van der Waals surface area contributed by atoms with Gasteiger partial charge in [0.25, 0.3) is 0 Å². The van der Waals surface area contributed by atoms with Crippen LogP contribution >= 0.6 is 15.9 Å². The van der Waals surface area contributed by atoms with E-state index in [2.05, 4.69) is 38.0 Å². The van der Waals surface area contributed by atoms with E-state index in [1.807, 2.05) is 30.5 Å². The average Bonchev–Trinajstić information content (AvgIpc) is 2.46. The zero-order chi connectivity index (χ0) is 13.9. The number of fused-ring (bicyclic) bond motifs is 1. The number of aromatic nitrogens is 2. The Labute approximate surface area is 126 Å². The minimum atomic E-state index is -0.0929. The fourth-order valence-electron chi connectivity index (χ4n) is 2.36. The Kier molecular flexibility index (Phi) is 3.76. The number of halogens is 1. The number of benzene rings is 1. The van der Waals surface area contributed by atoms with Crippen LogP contribution in [0.2, 0.25) is 0 Å².